The van der Waals surface area contributed by atoms with Crippen molar-refractivity contribution in [2.75, 3.05) is 13.2 Å². The van der Waals surface area contributed by atoms with Crippen molar-refractivity contribution in [2.45, 2.75) is 32.5 Å². The molecule has 31 heavy (non-hydrogen) atoms. The molecule has 4 nitrogen and oxygen atoms in total. The zero-order chi connectivity index (χ0) is 22.0. The molecule has 0 N–H and O–H groups in total. The lowest BCUT2D eigenvalue weighted by Gasteiger charge is -2.29. The third-order valence-electron chi connectivity index (χ3n) is 5.20. The van der Waals surface area contributed by atoms with E-state index >= 15 is 0 Å². The average Bonchev–Trinajstić information content (AvgIpc) is 3.21. The first-order chi connectivity index (χ1) is 14.8. The van der Waals surface area contributed by atoms with E-state index in [1.54, 1.807) is 5.38 Å². The molecule has 0 fully saturated rings. The summed E-state index contributed by atoms with van der Waals surface area (Å²) in [6.45, 7) is 3.70. The highest BCUT2D eigenvalue weighted by Crippen LogP contribution is 2.32. The quantitative estimate of drug-likeness (QED) is 0.530. The van der Waals surface area contributed by atoms with Crippen molar-refractivity contribution >= 4 is 17.2 Å². The van der Waals surface area contributed by atoms with Gasteiger partial charge in [0.05, 0.1) is 24.3 Å². The highest BCUT2D eigenvalue weighted by atomic mass is 32.1. The fraction of sp³-hybridized carbons (Fsp3) is 0.304. The minimum atomic E-state index is -4.37. The summed E-state index contributed by atoms with van der Waals surface area (Å²) in [6, 6.07) is 10.9. The van der Waals surface area contributed by atoms with Gasteiger partial charge in [0.2, 0.25) is 5.91 Å². The minimum Gasteiger partial charge on any atom is -0.494 e. The van der Waals surface area contributed by atoms with Gasteiger partial charge in [0.1, 0.15) is 10.8 Å². The van der Waals surface area contributed by atoms with E-state index in [2.05, 4.69) is 11.1 Å². The number of hydrogen-bond donors (Lipinski definition) is 0. The summed E-state index contributed by atoms with van der Waals surface area (Å²) in [5.41, 5.74) is 2.85. The number of nitrogens with zero attached hydrogens (tertiary/aromatic N) is 2. The zero-order valence-corrected chi connectivity index (χ0v) is 17.7. The third kappa shape index (κ3) is 4.90. The molecule has 2 heterocycles. The number of rotatable bonds is 5. The maximum Gasteiger partial charge on any atom is 0.416 e. The number of alkyl halides is 3. The van der Waals surface area contributed by atoms with Crippen LogP contribution in [0.3, 0.4) is 0 Å². The van der Waals surface area contributed by atoms with Crippen molar-refractivity contribution in [1.29, 1.82) is 0 Å². The molecular weight excluding hydrogens is 425 g/mol. The van der Waals surface area contributed by atoms with Crippen molar-refractivity contribution < 1.29 is 22.7 Å². The molecule has 8 heteroatoms. The van der Waals surface area contributed by atoms with E-state index in [0.717, 1.165) is 29.9 Å². The van der Waals surface area contributed by atoms with Crippen LogP contribution in [0.5, 0.6) is 5.75 Å². The van der Waals surface area contributed by atoms with Gasteiger partial charge < -0.3 is 9.64 Å². The second-order valence-electron chi connectivity index (χ2n) is 7.32. The van der Waals surface area contributed by atoms with E-state index in [-0.39, 0.29) is 12.3 Å². The second-order valence-corrected chi connectivity index (χ2v) is 8.18. The maximum absolute atomic E-state index is 12.8. The van der Waals surface area contributed by atoms with Gasteiger partial charge in [0.25, 0.3) is 0 Å². The topological polar surface area (TPSA) is 42.4 Å². The summed E-state index contributed by atoms with van der Waals surface area (Å²) in [6.07, 6.45) is -3.41. The van der Waals surface area contributed by atoms with E-state index in [9.17, 15) is 18.0 Å². The van der Waals surface area contributed by atoms with Crippen molar-refractivity contribution in [3.05, 3.63) is 70.2 Å². The molecule has 0 saturated heterocycles. The fourth-order valence-electron chi connectivity index (χ4n) is 3.59. The van der Waals surface area contributed by atoms with Gasteiger partial charge >= 0.3 is 6.18 Å². The van der Waals surface area contributed by atoms with Gasteiger partial charge in [-0.15, -0.1) is 11.3 Å². The molecule has 0 bridgehead atoms. The number of ether oxygens (including phenoxy) is 1. The first-order valence-electron chi connectivity index (χ1n) is 9.98. The minimum absolute atomic E-state index is 0.0169. The summed E-state index contributed by atoms with van der Waals surface area (Å²) >= 11 is 1.32. The first kappa shape index (κ1) is 21.4. The number of carbonyl (C=O) groups excluding carboxylic acids is 1. The number of aromatic nitrogens is 1. The van der Waals surface area contributed by atoms with E-state index in [4.69, 9.17) is 4.74 Å². The molecule has 4 rings (SSSR count). The maximum atomic E-state index is 12.8. The van der Waals surface area contributed by atoms with Crippen LogP contribution in [-0.4, -0.2) is 28.9 Å². The fourth-order valence-corrected chi connectivity index (χ4v) is 4.42. The smallest absolute Gasteiger partial charge is 0.416 e. The van der Waals surface area contributed by atoms with Gasteiger partial charge in [-0.2, -0.15) is 13.2 Å². The number of thiazole rings is 1. The molecule has 0 saturated carbocycles. The molecule has 0 spiro atoms. The van der Waals surface area contributed by atoms with Gasteiger partial charge in [-0.1, -0.05) is 18.2 Å². The predicted octanol–water partition coefficient (Wildman–Crippen LogP) is 5.36. The Morgan fingerprint density at radius 2 is 1.94 bits per heavy atom. The molecule has 2 aromatic carbocycles. The lowest BCUT2D eigenvalue weighted by atomic mass is 9.99. The Morgan fingerprint density at radius 1 is 1.16 bits per heavy atom. The molecule has 0 unspecified atom stereocenters. The molecule has 1 aliphatic heterocycles. The normalized spacial score (nSPS) is 13.7. The van der Waals surface area contributed by atoms with Gasteiger partial charge in [-0.25, -0.2) is 4.98 Å². The number of benzene rings is 2. The van der Waals surface area contributed by atoms with Crippen LogP contribution >= 0.6 is 11.3 Å². The monoisotopic (exact) mass is 446 g/mol. The highest BCUT2D eigenvalue weighted by Gasteiger charge is 2.30. The molecule has 1 aromatic heterocycles. The highest BCUT2D eigenvalue weighted by molar-refractivity contribution is 7.13. The van der Waals surface area contributed by atoms with Crippen LogP contribution in [0.4, 0.5) is 13.2 Å². The molecule has 162 valence electrons. The lowest BCUT2D eigenvalue weighted by Crippen LogP contribution is -2.37. The average molecular weight is 446 g/mol. The van der Waals surface area contributed by atoms with Crippen LogP contribution in [-0.2, 0) is 30.4 Å². The molecule has 0 aliphatic carbocycles. The summed E-state index contributed by atoms with van der Waals surface area (Å²) in [5, 5.41) is 2.39. The molecular formula is C23H21F3N2O2S. The van der Waals surface area contributed by atoms with Crippen LogP contribution in [0.25, 0.3) is 10.6 Å². The Labute approximate surface area is 182 Å². The largest absolute Gasteiger partial charge is 0.494 e. The van der Waals surface area contributed by atoms with Crippen molar-refractivity contribution in [3.8, 4) is 16.3 Å². The SMILES string of the molecule is CCOc1ccc2c(c1)CN(C(=O)Cc1csc(-c3ccc(C(F)(F)F)cc3)n1)CC2. The molecule has 1 amide bonds. The summed E-state index contributed by atoms with van der Waals surface area (Å²) < 4.78 is 43.8. The Balaban J connectivity index is 1.42. The van der Waals surface area contributed by atoms with E-state index in [1.807, 2.05) is 24.0 Å². The van der Waals surface area contributed by atoms with Crippen LogP contribution in [0, 0.1) is 0 Å². The van der Waals surface area contributed by atoms with Crippen molar-refractivity contribution in [1.82, 2.24) is 9.88 Å². The lowest BCUT2D eigenvalue weighted by molar-refractivity contribution is -0.137. The van der Waals surface area contributed by atoms with Crippen molar-refractivity contribution in [3.63, 3.8) is 0 Å². The molecule has 3 aromatic rings. The van der Waals surface area contributed by atoms with Crippen molar-refractivity contribution in [2.24, 2.45) is 0 Å². The second kappa shape index (κ2) is 8.70. The van der Waals surface area contributed by atoms with Crippen LogP contribution in [0.1, 0.15) is 29.3 Å². The Bertz CT molecular complexity index is 1080. The van der Waals surface area contributed by atoms with Crippen LogP contribution in [0.2, 0.25) is 0 Å². The molecule has 0 radical (unpaired) electrons. The zero-order valence-electron chi connectivity index (χ0n) is 16.9. The van der Waals surface area contributed by atoms with Gasteiger partial charge in [-0.05, 0) is 48.7 Å². The first-order valence-corrected chi connectivity index (χ1v) is 10.9. The summed E-state index contributed by atoms with van der Waals surface area (Å²) in [4.78, 5) is 19.1. The van der Waals surface area contributed by atoms with Crippen LogP contribution < -0.4 is 4.74 Å². The third-order valence-corrected chi connectivity index (χ3v) is 6.14. The Kier molecular flexibility index (Phi) is 6.00. The number of fused-ring (bicyclic) bond motifs is 1. The number of amides is 1. The predicted molar refractivity (Wildman–Crippen MR) is 113 cm³/mol. The van der Waals surface area contributed by atoms with E-state index in [1.165, 1.54) is 29.0 Å². The number of carbonyl (C=O) groups is 1. The van der Waals surface area contributed by atoms with Gasteiger partial charge in [0.15, 0.2) is 0 Å². The standard InChI is InChI=1S/C23H21F3N2O2S/c1-2-30-20-8-5-15-9-10-28(13-17(15)11-20)21(29)12-19-14-31-22(27-19)16-3-6-18(7-4-16)23(24,25)26/h3-8,11,14H,2,9-10,12-13H2,1H3. The van der Waals surface area contributed by atoms with Crippen LogP contribution in [0.15, 0.2) is 47.8 Å². The molecule has 0 atom stereocenters. The Morgan fingerprint density at radius 3 is 2.65 bits per heavy atom. The summed E-state index contributed by atoms with van der Waals surface area (Å²) in [5.74, 6) is 0.785. The Hall–Kier alpha value is -2.87. The van der Waals surface area contributed by atoms with Gasteiger partial charge in [0, 0.05) is 24.0 Å². The number of halogens is 3. The number of hydrogen-bond acceptors (Lipinski definition) is 4. The van der Waals surface area contributed by atoms with E-state index < -0.39 is 11.7 Å². The van der Waals surface area contributed by atoms with Gasteiger partial charge in [-0.3, -0.25) is 4.79 Å². The molecule has 1 aliphatic rings. The summed E-state index contributed by atoms with van der Waals surface area (Å²) in [7, 11) is 0. The van der Waals surface area contributed by atoms with E-state index in [0.29, 0.717) is 36.0 Å².